The first-order valence-corrected chi connectivity index (χ1v) is 11.2. The maximum absolute atomic E-state index is 13.2. The Morgan fingerprint density at radius 3 is 2.47 bits per heavy atom. The molecule has 0 unspecified atom stereocenters. The van der Waals surface area contributed by atoms with Crippen molar-refractivity contribution in [1.29, 1.82) is 0 Å². The third kappa shape index (κ3) is 4.66. The molecule has 2 aromatic heterocycles. The van der Waals surface area contributed by atoms with Gasteiger partial charge in [0.05, 0.1) is 11.4 Å². The van der Waals surface area contributed by atoms with Crippen LogP contribution in [0, 0.1) is 19.8 Å². The average Bonchev–Trinajstić information content (AvgIpc) is 3.18. The molecule has 1 fully saturated rings. The molecule has 1 aliphatic rings. The molecule has 3 aromatic rings. The van der Waals surface area contributed by atoms with Crippen molar-refractivity contribution in [3.8, 4) is 5.69 Å². The van der Waals surface area contributed by atoms with Crippen LogP contribution >= 0.6 is 0 Å². The first kappa shape index (κ1) is 22.0. The molecule has 1 amide bonds. The third-order valence-corrected chi connectivity index (χ3v) is 6.07. The SMILES string of the molecule is Cc1ccc(-n2nc(C(C)(C)C)cc2NC(=O)C2CCN(c3ccncn3)CC2)c(C)c1. The molecule has 1 saturated heterocycles. The molecule has 1 aliphatic heterocycles. The fraction of sp³-hybridized carbons (Fsp3) is 0.440. The Morgan fingerprint density at radius 2 is 1.84 bits per heavy atom. The normalized spacial score (nSPS) is 15.1. The first-order chi connectivity index (χ1) is 15.2. The van der Waals surface area contributed by atoms with Gasteiger partial charge in [-0.3, -0.25) is 4.79 Å². The fourth-order valence-electron chi connectivity index (χ4n) is 4.13. The number of carbonyl (C=O) groups excluding carboxylic acids is 1. The average molecular weight is 433 g/mol. The van der Waals surface area contributed by atoms with Crippen molar-refractivity contribution in [1.82, 2.24) is 19.7 Å². The minimum absolute atomic E-state index is 0.0337. The lowest BCUT2D eigenvalue weighted by molar-refractivity contribution is -0.120. The summed E-state index contributed by atoms with van der Waals surface area (Å²) < 4.78 is 1.88. The molecule has 0 saturated carbocycles. The Morgan fingerprint density at radius 1 is 1.09 bits per heavy atom. The number of piperidine rings is 1. The summed E-state index contributed by atoms with van der Waals surface area (Å²) >= 11 is 0. The Bertz CT molecular complexity index is 1090. The van der Waals surface area contributed by atoms with Crippen LogP contribution in [0.4, 0.5) is 11.6 Å². The second kappa shape index (κ2) is 8.73. The number of carbonyl (C=O) groups is 1. The zero-order valence-corrected chi connectivity index (χ0v) is 19.6. The van der Waals surface area contributed by atoms with Gasteiger partial charge in [-0.2, -0.15) is 5.10 Å². The molecule has 4 rings (SSSR count). The van der Waals surface area contributed by atoms with E-state index in [0.717, 1.165) is 54.5 Å². The molecule has 0 bridgehead atoms. The van der Waals surface area contributed by atoms with Gasteiger partial charge in [-0.05, 0) is 44.4 Å². The molecule has 168 valence electrons. The van der Waals surface area contributed by atoms with Crippen molar-refractivity contribution < 1.29 is 4.79 Å². The van der Waals surface area contributed by atoms with Gasteiger partial charge in [0.2, 0.25) is 5.91 Å². The highest BCUT2D eigenvalue weighted by molar-refractivity contribution is 5.92. The second-order valence-corrected chi connectivity index (χ2v) is 9.68. The number of benzene rings is 1. The van der Waals surface area contributed by atoms with Gasteiger partial charge in [0.25, 0.3) is 0 Å². The largest absolute Gasteiger partial charge is 0.356 e. The molecule has 3 heterocycles. The fourth-order valence-corrected chi connectivity index (χ4v) is 4.13. The van der Waals surface area contributed by atoms with E-state index in [1.165, 1.54) is 5.56 Å². The molecule has 1 N–H and O–H groups in total. The number of aryl methyl sites for hydroxylation is 2. The maximum Gasteiger partial charge on any atom is 0.228 e. The highest BCUT2D eigenvalue weighted by Gasteiger charge is 2.28. The summed E-state index contributed by atoms with van der Waals surface area (Å²) in [6.45, 7) is 12.2. The van der Waals surface area contributed by atoms with Crippen molar-refractivity contribution in [3.05, 3.63) is 59.7 Å². The number of rotatable bonds is 4. The Labute approximate surface area is 189 Å². The number of nitrogens with one attached hydrogen (secondary N) is 1. The van der Waals surface area contributed by atoms with Crippen molar-refractivity contribution in [2.45, 2.75) is 52.9 Å². The van der Waals surface area contributed by atoms with Crippen LogP contribution in [0.3, 0.4) is 0 Å². The molecule has 0 radical (unpaired) electrons. The van der Waals surface area contributed by atoms with Crippen molar-refractivity contribution in [2.75, 3.05) is 23.3 Å². The molecule has 1 aromatic carbocycles. The van der Waals surface area contributed by atoms with Crippen LogP contribution in [0.1, 0.15) is 50.4 Å². The molecule has 0 aliphatic carbocycles. The van der Waals surface area contributed by atoms with Gasteiger partial charge in [0.15, 0.2) is 0 Å². The van der Waals surface area contributed by atoms with E-state index in [-0.39, 0.29) is 17.2 Å². The molecule has 7 nitrogen and oxygen atoms in total. The summed E-state index contributed by atoms with van der Waals surface area (Å²) in [6, 6.07) is 10.2. The van der Waals surface area contributed by atoms with E-state index in [4.69, 9.17) is 5.10 Å². The molecule has 0 atom stereocenters. The lowest BCUT2D eigenvalue weighted by Gasteiger charge is -2.32. The van der Waals surface area contributed by atoms with Gasteiger partial charge >= 0.3 is 0 Å². The highest BCUT2D eigenvalue weighted by atomic mass is 16.2. The Balaban J connectivity index is 1.53. The summed E-state index contributed by atoms with van der Waals surface area (Å²) in [5.41, 5.74) is 4.15. The van der Waals surface area contributed by atoms with E-state index in [0.29, 0.717) is 0 Å². The minimum Gasteiger partial charge on any atom is -0.356 e. The third-order valence-electron chi connectivity index (χ3n) is 6.07. The van der Waals surface area contributed by atoms with Crippen LogP contribution < -0.4 is 10.2 Å². The number of nitrogens with zero attached hydrogens (tertiary/aromatic N) is 5. The predicted octanol–water partition coefficient (Wildman–Crippen LogP) is 4.43. The molecule has 7 heteroatoms. The van der Waals surface area contributed by atoms with Gasteiger partial charge in [-0.25, -0.2) is 14.6 Å². The van der Waals surface area contributed by atoms with Crippen molar-refractivity contribution in [3.63, 3.8) is 0 Å². The number of hydrogen-bond donors (Lipinski definition) is 1. The van der Waals surface area contributed by atoms with Crippen molar-refractivity contribution in [2.24, 2.45) is 5.92 Å². The second-order valence-electron chi connectivity index (χ2n) is 9.68. The van der Waals surface area contributed by atoms with E-state index in [2.05, 4.69) is 73.0 Å². The Kier molecular flexibility index (Phi) is 6.00. The van der Waals surface area contributed by atoms with E-state index in [1.54, 1.807) is 12.5 Å². The van der Waals surface area contributed by atoms with E-state index in [1.807, 2.05) is 16.8 Å². The topological polar surface area (TPSA) is 75.9 Å². The Hall–Kier alpha value is -3.22. The smallest absolute Gasteiger partial charge is 0.228 e. The summed E-state index contributed by atoms with van der Waals surface area (Å²) in [4.78, 5) is 23.7. The van der Waals surface area contributed by atoms with Crippen LogP contribution in [-0.4, -0.2) is 38.7 Å². The van der Waals surface area contributed by atoms with E-state index >= 15 is 0 Å². The molecular formula is C25H32N6O. The lowest BCUT2D eigenvalue weighted by Crippen LogP contribution is -2.38. The van der Waals surface area contributed by atoms with Crippen molar-refractivity contribution >= 4 is 17.5 Å². The van der Waals surface area contributed by atoms with Crippen LogP contribution in [0.15, 0.2) is 42.9 Å². The number of anilines is 2. The molecular weight excluding hydrogens is 400 g/mol. The number of aromatic nitrogens is 4. The van der Waals surface area contributed by atoms with Crippen LogP contribution in [0.5, 0.6) is 0 Å². The zero-order valence-electron chi connectivity index (χ0n) is 19.6. The molecule has 32 heavy (non-hydrogen) atoms. The summed E-state index contributed by atoms with van der Waals surface area (Å²) in [5, 5.41) is 8.06. The highest BCUT2D eigenvalue weighted by Crippen LogP contribution is 2.29. The summed E-state index contributed by atoms with van der Waals surface area (Å²) in [6.07, 6.45) is 4.90. The van der Waals surface area contributed by atoms with Crippen LogP contribution in [0.25, 0.3) is 5.69 Å². The monoisotopic (exact) mass is 432 g/mol. The predicted molar refractivity (Wildman–Crippen MR) is 127 cm³/mol. The zero-order chi connectivity index (χ0) is 22.9. The quantitative estimate of drug-likeness (QED) is 0.660. The van der Waals surface area contributed by atoms with Gasteiger partial charge in [-0.1, -0.05) is 38.5 Å². The lowest BCUT2D eigenvalue weighted by atomic mass is 9.92. The standard InChI is InChI=1S/C25H32N6O/c1-17-6-7-20(18(2)14-17)31-23(15-21(29-31)25(3,4)5)28-24(32)19-9-12-30(13-10-19)22-8-11-26-16-27-22/h6-8,11,14-16,19H,9-10,12-13H2,1-5H3,(H,28,32). The van der Waals surface area contributed by atoms with Gasteiger partial charge in [0.1, 0.15) is 18.0 Å². The van der Waals surface area contributed by atoms with E-state index < -0.39 is 0 Å². The van der Waals surface area contributed by atoms with Crippen LogP contribution in [-0.2, 0) is 10.2 Å². The number of amides is 1. The van der Waals surface area contributed by atoms with Crippen LogP contribution in [0.2, 0.25) is 0 Å². The van der Waals surface area contributed by atoms with Gasteiger partial charge in [0, 0.05) is 36.7 Å². The number of hydrogen-bond acceptors (Lipinski definition) is 5. The van der Waals surface area contributed by atoms with E-state index in [9.17, 15) is 4.79 Å². The molecule has 0 spiro atoms. The summed E-state index contributed by atoms with van der Waals surface area (Å²) in [7, 11) is 0. The van der Waals surface area contributed by atoms with Gasteiger partial charge in [-0.15, -0.1) is 0 Å². The first-order valence-electron chi connectivity index (χ1n) is 11.2. The maximum atomic E-state index is 13.2. The minimum atomic E-state index is -0.119. The van der Waals surface area contributed by atoms with Gasteiger partial charge < -0.3 is 10.2 Å². The summed E-state index contributed by atoms with van der Waals surface area (Å²) in [5.74, 6) is 1.67.